The van der Waals surface area contributed by atoms with Crippen molar-refractivity contribution in [2.45, 2.75) is 38.4 Å². The van der Waals surface area contributed by atoms with E-state index in [4.69, 9.17) is 0 Å². The summed E-state index contributed by atoms with van der Waals surface area (Å²) in [7, 11) is 2.09. The van der Waals surface area contributed by atoms with Gasteiger partial charge in [0, 0.05) is 18.6 Å². The smallest absolute Gasteiger partial charge is 0.194 e. The van der Waals surface area contributed by atoms with Gasteiger partial charge in [-0.25, -0.2) is 13.2 Å². The van der Waals surface area contributed by atoms with Gasteiger partial charge in [-0.1, -0.05) is 0 Å². The van der Waals surface area contributed by atoms with E-state index in [9.17, 15) is 13.2 Å². The van der Waals surface area contributed by atoms with Gasteiger partial charge in [0.05, 0.1) is 0 Å². The highest BCUT2D eigenvalue weighted by molar-refractivity contribution is 5.19. The zero-order chi connectivity index (χ0) is 14.0. The number of nitrogens with zero attached hydrogens (tertiary/aromatic N) is 1. The maximum Gasteiger partial charge on any atom is 0.194 e. The number of nitrogens with one attached hydrogen (secondary N) is 1. The number of benzene rings is 1. The molecule has 2 rings (SSSR count). The average Bonchev–Trinajstić information content (AvgIpc) is 2.37. The van der Waals surface area contributed by atoms with Crippen molar-refractivity contribution < 1.29 is 13.2 Å². The first-order valence-corrected chi connectivity index (χ1v) is 6.54. The Bertz CT molecular complexity index is 427. The Kier molecular flexibility index (Phi) is 4.47. The molecule has 2 atom stereocenters. The Balaban J connectivity index is 1.92. The molecule has 19 heavy (non-hydrogen) atoms. The first kappa shape index (κ1) is 14.3. The van der Waals surface area contributed by atoms with E-state index in [-0.39, 0.29) is 0 Å². The highest BCUT2D eigenvalue weighted by atomic mass is 19.2. The summed E-state index contributed by atoms with van der Waals surface area (Å²) >= 11 is 0. The summed E-state index contributed by atoms with van der Waals surface area (Å²) in [5.74, 6) is -3.67. The first-order valence-electron chi connectivity index (χ1n) is 6.54. The summed E-state index contributed by atoms with van der Waals surface area (Å²) in [4.78, 5) is 2.29. The van der Waals surface area contributed by atoms with Gasteiger partial charge in [-0.05, 0) is 51.1 Å². The summed E-state index contributed by atoms with van der Waals surface area (Å²) in [6.45, 7) is 3.52. The van der Waals surface area contributed by atoms with Crippen molar-refractivity contribution in [2.75, 3.05) is 13.6 Å². The van der Waals surface area contributed by atoms with Crippen LogP contribution in [0, 0.1) is 17.5 Å². The number of hydrogen-bond acceptors (Lipinski definition) is 2. The second-order valence-electron chi connectivity index (χ2n) is 5.31. The van der Waals surface area contributed by atoms with E-state index in [0.29, 0.717) is 24.2 Å². The van der Waals surface area contributed by atoms with E-state index in [1.165, 1.54) is 0 Å². The topological polar surface area (TPSA) is 15.3 Å². The van der Waals surface area contributed by atoms with Crippen LogP contribution in [0.4, 0.5) is 13.2 Å². The molecule has 0 bridgehead atoms. The van der Waals surface area contributed by atoms with Gasteiger partial charge in [-0.3, -0.25) is 0 Å². The summed E-state index contributed by atoms with van der Waals surface area (Å²) in [5.41, 5.74) is 0.433. The van der Waals surface area contributed by atoms with Gasteiger partial charge in [-0.15, -0.1) is 0 Å². The zero-order valence-electron chi connectivity index (χ0n) is 11.2. The lowest BCUT2D eigenvalue weighted by Gasteiger charge is -2.35. The SMILES string of the molecule is CC1CC(NCc2cc(F)c(F)c(F)c2)CCN1C. The Morgan fingerprint density at radius 1 is 1.26 bits per heavy atom. The van der Waals surface area contributed by atoms with E-state index < -0.39 is 17.5 Å². The van der Waals surface area contributed by atoms with Crippen LogP contribution in [0.25, 0.3) is 0 Å². The Morgan fingerprint density at radius 2 is 1.89 bits per heavy atom. The Labute approximate surface area is 111 Å². The molecule has 1 N–H and O–H groups in total. The van der Waals surface area contributed by atoms with Gasteiger partial charge in [-0.2, -0.15) is 0 Å². The van der Waals surface area contributed by atoms with Crippen molar-refractivity contribution in [1.82, 2.24) is 10.2 Å². The molecule has 1 fully saturated rings. The molecule has 0 aliphatic carbocycles. The summed E-state index contributed by atoms with van der Waals surface area (Å²) in [5, 5.41) is 3.28. The minimum absolute atomic E-state index is 0.336. The van der Waals surface area contributed by atoms with Gasteiger partial charge in [0.15, 0.2) is 17.5 Å². The first-order chi connectivity index (χ1) is 8.97. The van der Waals surface area contributed by atoms with Crippen molar-refractivity contribution in [3.05, 3.63) is 35.1 Å². The monoisotopic (exact) mass is 272 g/mol. The fourth-order valence-electron chi connectivity index (χ4n) is 2.45. The molecule has 0 radical (unpaired) electrons. The number of halogens is 3. The van der Waals surface area contributed by atoms with Gasteiger partial charge in [0.25, 0.3) is 0 Å². The largest absolute Gasteiger partial charge is 0.310 e. The van der Waals surface area contributed by atoms with Crippen LogP contribution in [-0.2, 0) is 6.54 Å². The molecule has 0 aromatic heterocycles. The predicted octanol–water partition coefficient (Wildman–Crippen LogP) is 2.68. The molecule has 1 aliphatic heterocycles. The van der Waals surface area contributed by atoms with Gasteiger partial charge in [0.2, 0.25) is 0 Å². The maximum absolute atomic E-state index is 13.1. The molecule has 2 unspecified atom stereocenters. The lowest BCUT2D eigenvalue weighted by molar-refractivity contribution is 0.168. The normalized spacial score (nSPS) is 24.7. The van der Waals surface area contributed by atoms with Crippen molar-refractivity contribution in [3.8, 4) is 0 Å². The second kappa shape index (κ2) is 5.92. The molecule has 0 saturated carbocycles. The van der Waals surface area contributed by atoms with Crippen LogP contribution < -0.4 is 5.32 Å². The molecule has 1 heterocycles. The molecule has 106 valence electrons. The average molecular weight is 272 g/mol. The van der Waals surface area contributed by atoms with Gasteiger partial charge < -0.3 is 10.2 Å². The van der Waals surface area contributed by atoms with Crippen LogP contribution in [0.3, 0.4) is 0 Å². The molecule has 2 nitrogen and oxygen atoms in total. The van der Waals surface area contributed by atoms with Crippen molar-refractivity contribution in [1.29, 1.82) is 0 Å². The van der Waals surface area contributed by atoms with Gasteiger partial charge >= 0.3 is 0 Å². The number of rotatable bonds is 3. The van der Waals surface area contributed by atoms with E-state index in [0.717, 1.165) is 31.5 Å². The molecular weight excluding hydrogens is 253 g/mol. The van der Waals surface area contributed by atoms with Crippen molar-refractivity contribution in [2.24, 2.45) is 0 Å². The lowest BCUT2D eigenvalue weighted by atomic mass is 9.98. The number of hydrogen-bond donors (Lipinski definition) is 1. The van der Waals surface area contributed by atoms with Crippen LogP contribution in [0.15, 0.2) is 12.1 Å². The van der Waals surface area contributed by atoms with E-state index in [1.54, 1.807) is 0 Å². The molecule has 1 aliphatic rings. The zero-order valence-corrected chi connectivity index (χ0v) is 11.2. The predicted molar refractivity (Wildman–Crippen MR) is 68.3 cm³/mol. The molecule has 5 heteroatoms. The molecular formula is C14H19F3N2. The third-order valence-corrected chi connectivity index (χ3v) is 3.85. The van der Waals surface area contributed by atoms with Crippen molar-refractivity contribution >= 4 is 0 Å². The van der Waals surface area contributed by atoms with Gasteiger partial charge in [0.1, 0.15) is 0 Å². The van der Waals surface area contributed by atoms with E-state index in [1.807, 2.05) is 0 Å². The van der Waals surface area contributed by atoms with Crippen LogP contribution in [0.2, 0.25) is 0 Å². The van der Waals surface area contributed by atoms with Crippen molar-refractivity contribution in [3.63, 3.8) is 0 Å². The third-order valence-electron chi connectivity index (χ3n) is 3.85. The third kappa shape index (κ3) is 3.48. The number of piperidine rings is 1. The quantitative estimate of drug-likeness (QED) is 0.851. The van der Waals surface area contributed by atoms with Crippen LogP contribution in [0.5, 0.6) is 0 Å². The second-order valence-corrected chi connectivity index (χ2v) is 5.31. The fraction of sp³-hybridized carbons (Fsp3) is 0.571. The summed E-state index contributed by atoms with van der Waals surface area (Å²) in [6, 6.07) is 2.92. The molecule has 1 aromatic rings. The Morgan fingerprint density at radius 3 is 2.47 bits per heavy atom. The molecule has 1 aromatic carbocycles. The van der Waals surface area contributed by atoms with Crippen LogP contribution in [0.1, 0.15) is 25.3 Å². The molecule has 1 saturated heterocycles. The highest BCUT2D eigenvalue weighted by Crippen LogP contribution is 2.17. The molecule has 0 amide bonds. The van der Waals surface area contributed by atoms with Crippen LogP contribution >= 0.6 is 0 Å². The summed E-state index contributed by atoms with van der Waals surface area (Å²) < 4.78 is 39.0. The standard InChI is InChI=1S/C14H19F3N2/c1-9-5-11(3-4-19(9)2)18-8-10-6-12(15)14(17)13(16)7-10/h6-7,9,11,18H,3-5,8H2,1-2H3. The van der Waals surface area contributed by atoms with E-state index in [2.05, 4.69) is 24.2 Å². The lowest BCUT2D eigenvalue weighted by Crippen LogP contribution is -2.45. The van der Waals surface area contributed by atoms with Crippen LogP contribution in [-0.4, -0.2) is 30.6 Å². The minimum Gasteiger partial charge on any atom is -0.310 e. The highest BCUT2D eigenvalue weighted by Gasteiger charge is 2.22. The number of likely N-dealkylation sites (tertiary alicyclic amines) is 1. The Hall–Kier alpha value is -1.07. The maximum atomic E-state index is 13.1. The van der Waals surface area contributed by atoms with E-state index >= 15 is 0 Å². The minimum atomic E-state index is -1.41. The molecule has 0 spiro atoms. The fourth-order valence-corrected chi connectivity index (χ4v) is 2.45. The summed E-state index contributed by atoms with van der Waals surface area (Å²) in [6.07, 6.45) is 2.01.